The number of carbonyl (C=O) groups excluding carboxylic acids is 1. The number of hydrogen-bond donors (Lipinski definition) is 2. The highest BCUT2D eigenvalue weighted by atomic mass is 32.2. The van der Waals surface area contributed by atoms with Crippen molar-refractivity contribution in [2.75, 3.05) is 26.2 Å². The summed E-state index contributed by atoms with van der Waals surface area (Å²) < 4.78 is 31.7. The van der Waals surface area contributed by atoms with Crippen molar-refractivity contribution in [3.63, 3.8) is 0 Å². The van der Waals surface area contributed by atoms with Crippen molar-refractivity contribution in [3.8, 4) is 0 Å². The van der Waals surface area contributed by atoms with E-state index in [1.54, 1.807) is 6.92 Å². The second-order valence-corrected chi connectivity index (χ2v) is 7.02. The largest absolute Gasteiger partial charge is 0.449 e. The molecule has 1 aliphatic carbocycles. The normalized spacial score (nSPS) is 21.6. The molecule has 0 unspecified atom stereocenters. The first-order chi connectivity index (χ1) is 9.51. The van der Waals surface area contributed by atoms with Crippen LogP contribution < -0.4 is 10.0 Å². The minimum Gasteiger partial charge on any atom is -0.449 e. The van der Waals surface area contributed by atoms with Gasteiger partial charge in [-0.15, -0.1) is 0 Å². The monoisotopic (exact) mass is 305 g/mol. The molecule has 0 atom stereocenters. The van der Waals surface area contributed by atoms with E-state index >= 15 is 0 Å². The molecule has 0 radical (unpaired) electrons. The number of ether oxygens (including phenoxy) is 1. The highest BCUT2D eigenvalue weighted by molar-refractivity contribution is 7.87. The molecule has 0 spiro atoms. The van der Waals surface area contributed by atoms with Crippen molar-refractivity contribution in [1.82, 2.24) is 14.3 Å². The lowest BCUT2D eigenvalue weighted by Gasteiger charge is -2.31. The van der Waals surface area contributed by atoms with E-state index in [0.717, 1.165) is 25.3 Å². The van der Waals surface area contributed by atoms with Crippen LogP contribution >= 0.6 is 0 Å². The minimum atomic E-state index is -3.77. The lowest BCUT2D eigenvalue weighted by atomic mass is 10.1. The molecule has 1 saturated carbocycles. The predicted molar refractivity (Wildman–Crippen MR) is 74.4 cm³/mol. The SMILES string of the molecule is CCOC(=O)NS(=O)(=O)N1CCC(NCC2CC2)CC1. The van der Waals surface area contributed by atoms with Gasteiger partial charge in [-0.3, -0.25) is 0 Å². The van der Waals surface area contributed by atoms with Gasteiger partial charge in [0, 0.05) is 19.1 Å². The van der Waals surface area contributed by atoms with Crippen LogP contribution in [0.1, 0.15) is 32.6 Å². The zero-order valence-electron chi connectivity index (χ0n) is 11.8. The first kappa shape index (κ1) is 15.5. The van der Waals surface area contributed by atoms with Crippen molar-refractivity contribution in [2.45, 2.75) is 38.6 Å². The van der Waals surface area contributed by atoms with E-state index in [-0.39, 0.29) is 6.61 Å². The van der Waals surface area contributed by atoms with Gasteiger partial charge in [-0.05, 0) is 45.1 Å². The van der Waals surface area contributed by atoms with Crippen LogP contribution in [0, 0.1) is 5.92 Å². The summed E-state index contributed by atoms with van der Waals surface area (Å²) in [6.45, 7) is 3.67. The number of hydrogen-bond acceptors (Lipinski definition) is 5. The number of piperidine rings is 1. The molecule has 8 heteroatoms. The summed E-state index contributed by atoms with van der Waals surface area (Å²) in [6, 6.07) is 0.379. The maximum Gasteiger partial charge on any atom is 0.421 e. The third-order valence-corrected chi connectivity index (χ3v) is 5.14. The average Bonchev–Trinajstić information content (AvgIpc) is 3.20. The number of rotatable bonds is 6. The molecule has 7 nitrogen and oxygen atoms in total. The van der Waals surface area contributed by atoms with Crippen LogP contribution in [-0.2, 0) is 14.9 Å². The Hall–Kier alpha value is -0.860. The standard InChI is InChI=1S/C12H23N3O4S/c1-2-19-12(16)14-20(17,18)15-7-5-11(6-8-15)13-9-10-3-4-10/h10-11,13H,2-9H2,1H3,(H,14,16). The molecular weight excluding hydrogens is 282 g/mol. The van der Waals surface area contributed by atoms with Crippen LogP contribution in [0.2, 0.25) is 0 Å². The van der Waals surface area contributed by atoms with E-state index in [0.29, 0.717) is 19.1 Å². The first-order valence-corrected chi connectivity index (χ1v) is 8.63. The van der Waals surface area contributed by atoms with Crippen LogP contribution in [0.3, 0.4) is 0 Å². The zero-order valence-corrected chi connectivity index (χ0v) is 12.6. The molecule has 2 aliphatic rings. The number of carbonyl (C=O) groups is 1. The smallest absolute Gasteiger partial charge is 0.421 e. The fourth-order valence-corrected chi connectivity index (χ4v) is 3.38. The van der Waals surface area contributed by atoms with Crippen LogP contribution in [0.4, 0.5) is 4.79 Å². The predicted octanol–water partition coefficient (Wildman–Crippen LogP) is 0.441. The van der Waals surface area contributed by atoms with E-state index < -0.39 is 16.3 Å². The van der Waals surface area contributed by atoms with E-state index in [1.807, 2.05) is 4.72 Å². The third-order valence-electron chi connectivity index (χ3n) is 3.67. The quantitative estimate of drug-likeness (QED) is 0.743. The van der Waals surface area contributed by atoms with Crippen LogP contribution in [-0.4, -0.2) is 51.1 Å². The maximum atomic E-state index is 11.9. The van der Waals surface area contributed by atoms with E-state index in [9.17, 15) is 13.2 Å². The van der Waals surface area contributed by atoms with Gasteiger partial charge in [-0.25, -0.2) is 9.52 Å². The molecule has 20 heavy (non-hydrogen) atoms. The van der Waals surface area contributed by atoms with Crippen molar-refractivity contribution < 1.29 is 17.9 Å². The lowest BCUT2D eigenvalue weighted by Crippen LogP contribution is -2.50. The van der Waals surface area contributed by atoms with E-state index in [2.05, 4.69) is 10.1 Å². The molecule has 2 N–H and O–H groups in total. The molecule has 2 rings (SSSR count). The Balaban J connectivity index is 1.74. The zero-order chi connectivity index (χ0) is 14.6. The molecule has 1 aliphatic heterocycles. The third kappa shape index (κ3) is 4.60. The Labute approximate surface area is 120 Å². The van der Waals surface area contributed by atoms with Gasteiger partial charge in [-0.1, -0.05) is 0 Å². The Morgan fingerprint density at radius 3 is 2.45 bits per heavy atom. The second kappa shape index (κ2) is 6.73. The Morgan fingerprint density at radius 2 is 1.90 bits per heavy atom. The van der Waals surface area contributed by atoms with Crippen LogP contribution in [0.5, 0.6) is 0 Å². The van der Waals surface area contributed by atoms with Gasteiger partial charge in [0.05, 0.1) is 6.61 Å². The van der Waals surface area contributed by atoms with Gasteiger partial charge in [0.1, 0.15) is 0 Å². The second-order valence-electron chi connectivity index (χ2n) is 5.35. The fourth-order valence-electron chi connectivity index (χ4n) is 2.29. The van der Waals surface area contributed by atoms with E-state index in [1.165, 1.54) is 17.1 Å². The van der Waals surface area contributed by atoms with Crippen molar-refractivity contribution in [3.05, 3.63) is 0 Å². The van der Waals surface area contributed by atoms with Crippen LogP contribution in [0.15, 0.2) is 0 Å². The molecule has 1 saturated heterocycles. The minimum absolute atomic E-state index is 0.147. The Bertz CT molecular complexity index is 428. The van der Waals surface area contributed by atoms with E-state index in [4.69, 9.17) is 0 Å². The molecular formula is C12H23N3O4S. The van der Waals surface area contributed by atoms with Gasteiger partial charge in [-0.2, -0.15) is 12.7 Å². The van der Waals surface area contributed by atoms with Gasteiger partial charge >= 0.3 is 16.3 Å². The maximum absolute atomic E-state index is 11.9. The first-order valence-electron chi connectivity index (χ1n) is 7.19. The van der Waals surface area contributed by atoms with Crippen molar-refractivity contribution >= 4 is 16.3 Å². The van der Waals surface area contributed by atoms with Gasteiger partial charge < -0.3 is 10.1 Å². The van der Waals surface area contributed by atoms with Gasteiger partial charge in [0.2, 0.25) is 0 Å². The Morgan fingerprint density at radius 1 is 1.25 bits per heavy atom. The highest BCUT2D eigenvalue weighted by Crippen LogP contribution is 2.28. The topological polar surface area (TPSA) is 87.7 Å². The number of nitrogens with one attached hydrogen (secondary N) is 2. The summed E-state index contributed by atoms with van der Waals surface area (Å²) in [5.41, 5.74) is 0. The number of nitrogens with zero attached hydrogens (tertiary/aromatic N) is 1. The molecule has 0 aromatic carbocycles. The van der Waals surface area contributed by atoms with Gasteiger partial charge in [0.25, 0.3) is 0 Å². The summed E-state index contributed by atoms with van der Waals surface area (Å²) in [5, 5.41) is 3.48. The molecule has 0 aromatic rings. The summed E-state index contributed by atoms with van der Waals surface area (Å²) in [7, 11) is -3.77. The van der Waals surface area contributed by atoms with Gasteiger partial charge in [0.15, 0.2) is 0 Å². The van der Waals surface area contributed by atoms with Crippen molar-refractivity contribution in [1.29, 1.82) is 0 Å². The number of amides is 1. The average molecular weight is 305 g/mol. The molecule has 0 aromatic heterocycles. The molecule has 0 bridgehead atoms. The molecule has 116 valence electrons. The molecule has 1 heterocycles. The molecule has 1 amide bonds. The summed E-state index contributed by atoms with van der Waals surface area (Å²) in [4.78, 5) is 11.2. The summed E-state index contributed by atoms with van der Waals surface area (Å²) in [6.07, 6.45) is 3.25. The molecule has 2 fully saturated rings. The highest BCUT2D eigenvalue weighted by Gasteiger charge is 2.30. The van der Waals surface area contributed by atoms with Crippen LogP contribution in [0.25, 0.3) is 0 Å². The summed E-state index contributed by atoms with van der Waals surface area (Å²) >= 11 is 0. The Kier molecular flexibility index (Phi) is 5.22. The summed E-state index contributed by atoms with van der Waals surface area (Å²) in [5.74, 6) is 0.822. The van der Waals surface area contributed by atoms with Crippen molar-refractivity contribution in [2.24, 2.45) is 5.92 Å². The lowest BCUT2D eigenvalue weighted by molar-refractivity contribution is 0.157. The fraction of sp³-hybridized carbons (Fsp3) is 0.917.